The zero-order valence-corrected chi connectivity index (χ0v) is 15.1. The summed E-state index contributed by atoms with van der Waals surface area (Å²) in [6.45, 7) is 9.51. The molecule has 1 aromatic carbocycles. The quantitative estimate of drug-likeness (QED) is 0.746. The van der Waals surface area contributed by atoms with E-state index in [-0.39, 0.29) is 5.41 Å². The van der Waals surface area contributed by atoms with Crippen molar-refractivity contribution in [1.82, 2.24) is 9.80 Å². The molecule has 0 spiro atoms. The fourth-order valence-electron chi connectivity index (χ4n) is 3.04. The molecular formula is C19H27N3S. The van der Waals surface area contributed by atoms with Gasteiger partial charge in [-0.2, -0.15) is 5.26 Å². The summed E-state index contributed by atoms with van der Waals surface area (Å²) in [4.78, 5) is 5.80. The van der Waals surface area contributed by atoms with Crippen molar-refractivity contribution >= 4 is 17.2 Å². The van der Waals surface area contributed by atoms with Gasteiger partial charge in [0, 0.05) is 39.1 Å². The van der Waals surface area contributed by atoms with Crippen LogP contribution in [0.5, 0.6) is 0 Å². The zero-order chi connectivity index (χ0) is 16.7. The van der Waals surface area contributed by atoms with Crippen LogP contribution in [0, 0.1) is 11.3 Å². The van der Waals surface area contributed by atoms with Crippen LogP contribution in [0.2, 0.25) is 0 Å². The minimum Gasteiger partial charge on any atom is -0.364 e. The summed E-state index contributed by atoms with van der Waals surface area (Å²) in [5.74, 6) is 0. The Balaban J connectivity index is 1.78. The Labute approximate surface area is 145 Å². The van der Waals surface area contributed by atoms with Gasteiger partial charge in [0.25, 0.3) is 0 Å². The molecule has 0 bridgehead atoms. The van der Waals surface area contributed by atoms with E-state index in [1.54, 1.807) is 0 Å². The van der Waals surface area contributed by atoms with Crippen molar-refractivity contribution < 1.29 is 0 Å². The Kier molecular flexibility index (Phi) is 6.56. The molecule has 1 aliphatic rings. The van der Waals surface area contributed by atoms with Gasteiger partial charge in [-0.1, -0.05) is 56.4 Å². The molecule has 0 radical (unpaired) electrons. The lowest BCUT2D eigenvalue weighted by Crippen LogP contribution is -2.48. The van der Waals surface area contributed by atoms with Gasteiger partial charge < -0.3 is 4.90 Å². The molecule has 4 heteroatoms. The summed E-state index contributed by atoms with van der Waals surface area (Å²) in [7, 11) is 0. The predicted octanol–water partition coefficient (Wildman–Crippen LogP) is 3.60. The summed E-state index contributed by atoms with van der Waals surface area (Å²) >= 11 is 5.67. The molecule has 0 unspecified atom stereocenters. The van der Waals surface area contributed by atoms with Crippen LogP contribution in [-0.2, 0) is 5.41 Å². The SMILES string of the molecule is CC(C)(CCC(=S)N1CCN(CCC#N)CC1)c1ccccc1. The van der Waals surface area contributed by atoms with Crippen LogP contribution >= 0.6 is 12.2 Å². The summed E-state index contributed by atoms with van der Waals surface area (Å²) in [6, 6.07) is 12.9. The average molecular weight is 330 g/mol. The van der Waals surface area contributed by atoms with E-state index in [1.807, 2.05) is 0 Å². The van der Waals surface area contributed by atoms with E-state index in [0.29, 0.717) is 6.42 Å². The smallest absolute Gasteiger partial charge is 0.0780 e. The van der Waals surface area contributed by atoms with Crippen molar-refractivity contribution in [3.63, 3.8) is 0 Å². The molecular weight excluding hydrogens is 302 g/mol. The third kappa shape index (κ3) is 5.30. The number of hydrogen-bond acceptors (Lipinski definition) is 3. The summed E-state index contributed by atoms with van der Waals surface area (Å²) in [5, 5.41) is 8.67. The Morgan fingerprint density at radius 1 is 1.17 bits per heavy atom. The van der Waals surface area contributed by atoms with E-state index in [2.05, 4.69) is 60.0 Å². The first-order valence-corrected chi connectivity index (χ1v) is 8.86. The molecule has 1 aromatic rings. The Morgan fingerprint density at radius 2 is 1.83 bits per heavy atom. The Hall–Kier alpha value is -1.44. The fourth-order valence-corrected chi connectivity index (χ4v) is 3.32. The zero-order valence-electron chi connectivity index (χ0n) is 14.3. The molecule has 0 N–H and O–H groups in total. The van der Waals surface area contributed by atoms with Gasteiger partial charge >= 0.3 is 0 Å². The molecule has 23 heavy (non-hydrogen) atoms. The van der Waals surface area contributed by atoms with Gasteiger partial charge in [0.15, 0.2) is 0 Å². The number of nitriles is 1. The maximum Gasteiger partial charge on any atom is 0.0780 e. The summed E-state index contributed by atoms with van der Waals surface area (Å²) in [5.41, 5.74) is 1.53. The number of benzene rings is 1. The molecule has 0 aromatic heterocycles. The molecule has 0 aliphatic carbocycles. The van der Waals surface area contributed by atoms with Crippen LogP contribution in [0.25, 0.3) is 0 Å². The van der Waals surface area contributed by atoms with E-state index in [4.69, 9.17) is 17.5 Å². The van der Waals surface area contributed by atoms with Crippen LogP contribution in [0.1, 0.15) is 38.7 Å². The highest BCUT2D eigenvalue weighted by Crippen LogP contribution is 2.28. The highest BCUT2D eigenvalue weighted by Gasteiger charge is 2.23. The van der Waals surface area contributed by atoms with E-state index in [0.717, 1.165) is 50.6 Å². The minimum atomic E-state index is 0.153. The van der Waals surface area contributed by atoms with E-state index >= 15 is 0 Å². The minimum absolute atomic E-state index is 0.153. The second-order valence-corrected chi connectivity index (χ2v) is 7.35. The van der Waals surface area contributed by atoms with Gasteiger partial charge in [-0.05, 0) is 23.8 Å². The van der Waals surface area contributed by atoms with Crippen LogP contribution in [0.4, 0.5) is 0 Å². The lowest BCUT2D eigenvalue weighted by molar-refractivity contribution is 0.185. The third-order valence-electron chi connectivity index (χ3n) is 4.78. The fraction of sp³-hybridized carbons (Fsp3) is 0.579. The molecule has 1 saturated heterocycles. The average Bonchev–Trinajstić information content (AvgIpc) is 2.59. The van der Waals surface area contributed by atoms with Crippen LogP contribution < -0.4 is 0 Å². The first kappa shape index (κ1) is 17.9. The monoisotopic (exact) mass is 329 g/mol. The van der Waals surface area contributed by atoms with E-state index in [9.17, 15) is 0 Å². The van der Waals surface area contributed by atoms with Crippen LogP contribution in [-0.4, -0.2) is 47.5 Å². The van der Waals surface area contributed by atoms with Gasteiger partial charge in [-0.25, -0.2) is 0 Å². The lowest BCUT2D eigenvalue weighted by Gasteiger charge is -2.36. The topological polar surface area (TPSA) is 30.3 Å². The van der Waals surface area contributed by atoms with E-state index < -0.39 is 0 Å². The van der Waals surface area contributed by atoms with Crippen LogP contribution in [0.15, 0.2) is 30.3 Å². The van der Waals surface area contributed by atoms with Gasteiger partial charge in [-0.3, -0.25) is 4.90 Å². The van der Waals surface area contributed by atoms with Crippen molar-refractivity contribution in [2.24, 2.45) is 0 Å². The normalized spacial score (nSPS) is 16.1. The number of rotatable bonds is 6. The molecule has 3 nitrogen and oxygen atoms in total. The maximum atomic E-state index is 8.67. The first-order chi connectivity index (χ1) is 11.0. The van der Waals surface area contributed by atoms with Crippen molar-refractivity contribution in [1.29, 1.82) is 5.26 Å². The highest BCUT2D eigenvalue weighted by molar-refractivity contribution is 7.80. The molecule has 0 atom stereocenters. The van der Waals surface area contributed by atoms with Crippen molar-refractivity contribution in [3.8, 4) is 6.07 Å². The van der Waals surface area contributed by atoms with Gasteiger partial charge in [0.1, 0.15) is 0 Å². The van der Waals surface area contributed by atoms with Gasteiger partial charge in [-0.15, -0.1) is 0 Å². The standard InChI is InChI=1S/C19H27N3S/c1-19(2,17-7-4-3-5-8-17)10-9-18(23)22-15-13-21(14-16-22)12-6-11-20/h3-5,7-8H,6,9-10,12-16H2,1-2H3. The molecule has 1 fully saturated rings. The van der Waals surface area contributed by atoms with Gasteiger partial charge in [0.05, 0.1) is 11.1 Å². The third-order valence-corrected chi connectivity index (χ3v) is 5.25. The lowest BCUT2D eigenvalue weighted by atomic mass is 9.80. The number of nitrogens with zero attached hydrogens (tertiary/aromatic N) is 3. The number of thiocarbonyl (C=S) groups is 1. The second-order valence-electron chi connectivity index (χ2n) is 6.88. The summed E-state index contributed by atoms with van der Waals surface area (Å²) < 4.78 is 0. The summed E-state index contributed by atoms with van der Waals surface area (Å²) in [6.07, 6.45) is 2.66. The Bertz CT molecular complexity index is 539. The molecule has 0 saturated carbocycles. The number of piperazine rings is 1. The maximum absolute atomic E-state index is 8.67. The van der Waals surface area contributed by atoms with E-state index in [1.165, 1.54) is 5.56 Å². The highest BCUT2D eigenvalue weighted by atomic mass is 32.1. The second kappa shape index (κ2) is 8.42. The molecule has 1 aliphatic heterocycles. The molecule has 0 amide bonds. The Morgan fingerprint density at radius 3 is 2.43 bits per heavy atom. The number of hydrogen-bond donors (Lipinski definition) is 0. The van der Waals surface area contributed by atoms with Crippen molar-refractivity contribution in [2.75, 3.05) is 32.7 Å². The van der Waals surface area contributed by atoms with Crippen molar-refractivity contribution in [2.45, 2.75) is 38.5 Å². The van der Waals surface area contributed by atoms with Crippen molar-refractivity contribution in [3.05, 3.63) is 35.9 Å². The molecule has 1 heterocycles. The molecule has 124 valence electrons. The van der Waals surface area contributed by atoms with Gasteiger partial charge in [0.2, 0.25) is 0 Å². The molecule has 2 rings (SSSR count). The predicted molar refractivity (Wildman–Crippen MR) is 99.5 cm³/mol. The first-order valence-electron chi connectivity index (χ1n) is 8.45. The largest absolute Gasteiger partial charge is 0.364 e. The van der Waals surface area contributed by atoms with Crippen LogP contribution in [0.3, 0.4) is 0 Å².